The fourth-order valence-electron chi connectivity index (χ4n) is 2.08. The third-order valence-corrected chi connectivity index (χ3v) is 3.28. The quantitative estimate of drug-likeness (QED) is 0.879. The summed E-state index contributed by atoms with van der Waals surface area (Å²) in [6.07, 6.45) is 1.63. The van der Waals surface area contributed by atoms with Gasteiger partial charge in [0.05, 0.1) is 18.8 Å². The zero-order valence-corrected chi connectivity index (χ0v) is 12.1. The molecule has 4 heteroatoms. The van der Waals surface area contributed by atoms with Crippen molar-refractivity contribution < 1.29 is 9.21 Å². The Kier molecular flexibility index (Phi) is 4.58. The van der Waals surface area contributed by atoms with Crippen molar-refractivity contribution in [2.75, 3.05) is 11.9 Å². The van der Waals surface area contributed by atoms with Gasteiger partial charge in [0, 0.05) is 5.69 Å². The van der Waals surface area contributed by atoms with Crippen LogP contribution in [-0.2, 0) is 4.79 Å². The number of aryl methyl sites for hydroxylation is 2. The Balaban J connectivity index is 1.90. The molecule has 2 rings (SSSR count). The molecule has 1 aromatic heterocycles. The number of carbonyl (C=O) groups is 1. The lowest BCUT2D eigenvalue weighted by molar-refractivity contribution is -0.115. The molecule has 0 bridgehead atoms. The molecule has 106 valence electrons. The van der Waals surface area contributed by atoms with Gasteiger partial charge in [-0.15, -0.1) is 0 Å². The number of furan rings is 1. The van der Waals surface area contributed by atoms with Gasteiger partial charge in [-0.3, -0.25) is 10.1 Å². The number of anilines is 1. The largest absolute Gasteiger partial charge is 0.468 e. The first-order valence-corrected chi connectivity index (χ1v) is 6.71. The minimum atomic E-state index is -0.0548. The minimum Gasteiger partial charge on any atom is -0.468 e. The molecular formula is C16H20N2O2. The van der Waals surface area contributed by atoms with Crippen LogP contribution in [0.25, 0.3) is 0 Å². The molecule has 0 radical (unpaired) electrons. The Labute approximate surface area is 119 Å². The lowest BCUT2D eigenvalue weighted by atomic mass is 10.1. The summed E-state index contributed by atoms with van der Waals surface area (Å²) in [5.41, 5.74) is 3.03. The van der Waals surface area contributed by atoms with Gasteiger partial charge in [0.25, 0.3) is 0 Å². The first kappa shape index (κ1) is 14.3. The lowest BCUT2D eigenvalue weighted by Gasteiger charge is -2.14. The van der Waals surface area contributed by atoms with Crippen molar-refractivity contribution >= 4 is 11.6 Å². The number of hydrogen-bond acceptors (Lipinski definition) is 3. The van der Waals surface area contributed by atoms with Crippen LogP contribution in [0.2, 0.25) is 0 Å². The number of rotatable bonds is 5. The predicted octanol–water partition coefficient (Wildman–Crippen LogP) is 3.19. The van der Waals surface area contributed by atoms with E-state index in [0.29, 0.717) is 0 Å². The van der Waals surface area contributed by atoms with Gasteiger partial charge in [-0.25, -0.2) is 0 Å². The monoisotopic (exact) mass is 272 g/mol. The van der Waals surface area contributed by atoms with E-state index in [1.165, 1.54) is 0 Å². The highest BCUT2D eigenvalue weighted by molar-refractivity contribution is 5.93. The molecule has 1 atom stereocenters. The Bertz CT molecular complexity index is 556. The van der Waals surface area contributed by atoms with Gasteiger partial charge < -0.3 is 9.73 Å². The summed E-state index contributed by atoms with van der Waals surface area (Å²) in [5, 5.41) is 6.09. The molecular weight excluding hydrogens is 252 g/mol. The lowest BCUT2D eigenvalue weighted by Crippen LogP contribution is -2.30. The standard InChI is InChI=1S/C16H20N2O2/c1-11-6-4-7-12(2)16(11)18-15(19)10-17-13(3)14-8-5-9-20-14/h4-9,13,17H,10H2,1-3H3,(H,18,19)/t13-/m0/s1. The Morgan fingerprint density at radius 1 is 1.20 bits per heavy atom. The van der Waals surface area contributed by atoms with Crippen LogP contribution in [0.15, 0.2) is 41.0 Å². The third-order valence-electron chi connectivity index (χ3n) is 3.28. The summed E-state index contributed by atoms with van der Waals surface area (Å²) in [6.45, 7) is 6.18. The maximum absolute atomic E-state index is 12.0. The molecule has 2 N–H and O–H groups in total. The maximum Gasteiger partial charge on any atom is 0.238 e. The van der Waals surface area contributed by atoms with Gasteiger partial charge >= 0.3 is 0 Å². The molecule has 0 aliphatic heterocycles. The van der Waals surface area contributed by atoms with Gasteiger partial charge in [-0.1, -0.05) is 18.2 Å². The predicted molar refractivity (Wildman–Crippen MR) is 79.7 cm³/mol. The molecule has 0 saturated carbocycles. The van der Waals surface area contributed by atoms with E-state index in [0.717, 1.165) is 22.6 Å². The molecule has 2 aromatic rings. The summed E-state index contributed by atoms with van der Waals surface area (Å²) in [6, 6.07) is 9.69. The van der Waals surface area contributed by atoms with Crippen LogP contribution >= 0.6 is 0 Å². The van der Waals surface area contributed by atoms with E-state index >= 15 is 0 Å². The molecule has 0 aliphatic carbocycles. The highest BCUT2D eigenvalue weighted by Crippen LogP contribution is 2.19. The Morgan fingerprint density at radius 2 is 1.90 bits per heavy atom. The van der Waals surface area contributed by atoms with Crippen LogP contribution in [0.3, 0.4) is 0 Å². The molecule has 0 unspecified atom stereocenters. The second kappa shape index (κ2) is 6.39. The zero-order chi connectivity index (χ0) is 14.5. The zero-order valence-electron chi connectivity index (χ0n) is 12.1. The SMILES string of the molecule is Cc1cccc(C)c1NC(=O)CN[C@@H](C)c1ccco1. The second-order valence-corrected chi connectivity index (χ2v) is 4.93. The van der Waals surface area contributed by atoms with E-state index in [9.17, 15) is 4.79 Å². The van der Waals surface area contributed by atoms with Gasteiger partial charge in [-0.05, 0) is 44.0 Å². The highest BCUT2D eigenvalue weighted by Gasteiger charge is 2.11. The first-order chi connectivity index (χ1) is 9.58. The second-order valence-electron chi connectivity index (χ2n) is 4.93. The van der Waals surface area contributed by atoms with E-state index in [1.54, 1.807) is 6.26 Å². The van der Waals surface area contributed by atoms with Crippen molar-refractivity contribution in [3.8, 4) is 0 Å². The Morgan fingerprint density at radius 3 is 2.50 bits per heavy atom. The molecule has 4 nitrogen and oxygen atoms in total. The minimum absolute atomic E-state index is 0.00807. The van der Waals surface area contributed by atoms with Gasteiger partial charge in [0.2, 0.25) is 5.91 Å². The molecule has 0 aliphatic rings. The highest BCUT2D eigenvalue weighted by atomic mass is 16.3. The van der Waals surface area contributed by atoms with Crippen molar-refractivity contribution in [2.45, 2.75) is 26.8 Å². The number of nitrogens with one attached hydrogen (secondary N) is 2. The summed E-state index contributed by atoms with van der Waals surface area (Å²) in [4.78, 5) is 12.0. The smallest absolute Gasteiger partial charge is 0.238 e. The molecule has 1 aromatic carbocycles. The van der Waals surface area contributed by atoms with E-state index in [-0.39, 0.29) is 18.5 Å². The molecule has 1 heterocycles. The number of amides is 1. The van der Waals surface area contributed by atoms with E-state index in [2.05, 4.69) is 10.6 Å². The summed E-state index contributed by atoms with van der Waals surface area (Å²) < 4.78 is 5.29. The van der Waals surface area contributed by atoms with E-state index in [1.807, 2.05) is 51.1 Å². The number of hydrogen-bond donors (Lipinski definition) is 2. The first-order valence-electron chi connectivity index (χ1n) is 6.71. The van der Waals surface area contributed by atoms with Crippen molar-refractivity contribution in [1.82, 2.24) is 5.32 Å². The van der Waals surface area contributed by atoms with Crippen LogP contribution < -0.4 is 10.6 Å². The molecule has 1 amide bonds. The van der Waals surface area contributed by atoms with Gasteiger partial charge in [0.1, 0.15) is 5.76 Å². The van der Waals surface area contributed by atoms with Gasteiger partial charge in [0.15, 0.2) is 0 Å². The number of benzene rings is 1. The topological polar surface area (TPSA) is 54.3 Å². The normalized spacial score (nSPS) is 12.2. The fourth-order valence-corrected chi connectivity index (χ4v) is 2.08. The summed E-state index contributed by atoms with van der Waals surface area (Å²) >= 11 is 0. The average molecular weight is 272 g/mol. The van der Waals surface area contributed by atoms with Crippen molar-refractivity contribution in [3.05, 3.63) is 53.5 Å². The summed E-state index contributed by atoms with van der Waals surface area (Å²) in [7, 11) is 0. The molecule has 20 heavy (non-hydrogen) atoms. The summed E-state index contributed by atoms with van der Waals surface area (Å²) in [5.74, 6) is 0.769. The number of carbonyl (C=O) groups excluding carboxylic acids is 1. The molecule has 0 saturated heterocycles. The third kappa shape index (κ3) is 3.48. The van der Waals surface area contributed by atoms with Crippen LogP contribution in [-0.4, -0.2) is 12.5 Å². The number of para-hydroxylation sites is 1. The van der Waals surface area contributed by atoms with Crippen LogP contribution in [0, 0.1) is 13.8 Å². The van der Waals surface area contributed by atoms with Crippen molar-refractivity contribution in [1.29, 1.82) is 0 Å². The van der Waals surface area contributed by atoms with Crippen molar-refractivity contribution in [3.63, 3.8) is 0 Å². The van der Waals surface area contributed by atoms with E-state index in [4.69, 9.17) is 4.42 Å². The molecule has 0 fully saturated rings. The molecule has 0 spiro atoms. The maximum atomic E-state index is 12.0. The fraction of sp³-hybridized carbons (Fsp3) is 0.312. The van der Waals surface area contributed by atoms with Crippen molar-refractivity contribution in [2.24, 2.45) is 0 Å². The Hall–Kier alpha value is -2.07. The van der Waals surface area contributed by atoms with Crippen LogP contribution in [0.1, 0.15) is 29.9 Å². The van der Waals surface area contributed by atoms with Gasteiger partial charge in [-0.2, -0.15) is 0 Å². The van der Waals surface area contributed by atoms with Crippen LogP contribution in [0.4, 0.5) is 5.69 Å². The average Bonchev–Trinajstić information content (AvgIpc) is 2.94. The van der Waals surface area contributed by atoms with Crippen LogP contribution in [0.5, 0.6) is 0 Å². The van der Waals surface area contributed by atoms with E-state index < -0.39 is 0 Å².